The largest absolute Gasteiger partial charge is 0.349 e. The van der Waals surface area contributed by atoms with Crippen molar-refractivity contribution in [1.29, 1.82) is 0 Å². The molecule has 2 heterocycles. The Bertz CT molecular complexity index is 568. The maximum absolute atomic E-state index is 12.1. The van der Waals surface area contributed by atoms with Crippen molar-refractivity contribution in [3.8, 4) is 9.88 Å². The van der Waals surface area contributed by atoms with Crippen LogP contribution in [-0.4, -0.2) is 23.0 Å². The monoisotopic (exact) mass is 381 g/mol. The number of nitrogens with two attached hydrogens (primary N) is 1. The maximum Gasteiger partial charge on any atom is 0.270 e. The summed E-state index contributed by atoms with van der Waals surface area (Å²) in [6.07, 6.45) is 1.67. The van der Waals surface area contributed by atoms with Gasteiger partial charge >= 0.3 is 0 Å². The van der Waals surface area contributed by atoms with Crippen molar-refractivity contribution in [1.82, 2.24) is 10.3 Å². The molecule has 0 aliphatic heterocycles. The summed E-state index contributed by atoms with van der Waals surface area (Å²) in [6, 6.07) is 3.98. The molecular formula is C14H21Cl2N3OS2. The molecule has 0 spiro atoms. The first kappa shape index (κ1) is 21.3. The molecule has 0 fully saturated rings. The Kier molecular flexibility index (Phi) is 9.19. The summed E-state index contributed by atoms with van der Waals surface area (Å²) < 4.78 is 0. The minimum atomic E-state index is -0.331. The lowest BCUT2D eigenvalue weighted by Gasteiger charge is -2.26. The number of amides is 1. The van der Waals surface area contributed by atoms with Gasteiger partial charge in [0.25, 0.3) is 5.91 Å². The molecule has 8 heteroatoms. The van der Waals surface area contributed by atoms with Crippen LogP contribution in [0.3, 0.4) is 0 Å². The quantitative estimate of drug-likeness (QED) is 0.795. The van der Waals surface area contributed by atoms with Gasteiger partial charge in [-0.3, -0.25) is 4.79 Å². The van der Waals surface area contributed by atoms with Crippen LogP contribution in [-0.2, 0) is 0 Å². The molecule has 0 bridgehead atoms. The van der Waals surface area contributed by atoms with Crippen molar-refractivity contribution in [2.45, 2.75) is 32.2 Å². The van der Waals surface area contributed by atoms with E-state index in [4.69, 9.17) is 5.73 Å². The van der Waals surface area contributed by atoms with Crippen LogP contribution in [0, 0.1) is 0 Å². The third-order valence-electron chi connectivity index (χ3n) is 3.48. The van der Waals surface area contributed by atoms with E-state index < -0.39 is 0 Å². The van der Waals surface area contributed by atoms with Crippen LogP contribution in [0.25, 0.3) is 9.88 Å². The number of nitrogens with zero attached hydrogens (tertiary/aromatic N) is 1. The zero-order chi connectivity index (χ0) is 14.6. The molecular weight excluding hydrogens is 361 g/mol. The Hall–Kier alpha value is -0.660. The molecule has 1 amide bonds. The highest BCUT2D eigenvalue weighted by Crippen LogP contribution is 2.27. The van der Waals surface area contributed by atoms with Crippen LogP contribution in [0.4, 0.5) is 0 Å². The van der Waals surface area contributed by atoms with E-state index in [2.05, 4.69) is 10.3 Å². The van der Waals surface area contributed by atoms with Gasteiger partial charge in [0.15, 0.2) is 0 Å². The van der Waals surface area contributed by atoms with Gasteiger partial charge in [0.05, 0.1) is 4.88 Å². The summed E-state index contributed by atoms with van der Waals surface area (Å²) in [4.78, 5) is 17.6. The van der Waals surface area contributed by atoms with Gasteiger partial charge in [-0.05, 0) is 24.3 Å². The fraction of sp³-hybridized carbons (Fsp3) is 0.429. The van der Waals surface area contributed by atoms with E-state index >= 15 is 0 Å². The van der Waals surface area contributed by atoms with Gasteiger partial charge in [-0.15, -0.1) is 47.5 Å². The molecule has 0 saturated carbocycles. The van der Waals surface area contributed by atoms with E-state index in [-0.39, 0.29) is 36.3 Å². The van der Waals surface area contributed by atoms with E-state index in [1.54, 1.807) is 16.7 Å². The highest BCUT2D eigenvalue weighted by molar-refractivity contribution is 7.20. The minimum absolute atomic E-state index is 0. The third-order valence-corrected chi connectivity index (χ3v) is 5.36. The molecule has 0 radical (unpaired) electrons. The second kappa shape index (κ2) is 9.47. The molecule has 0 atom stereocenters. The van der Waals surface area contributed by atoms with E-state index in [0.29, 0.717) is 12.2 Å². The van der Waals surface area contributed by atoms with Crippen LogP contribution in [0.15, 0.2) is 22.9 Å². The zero-order valence-electron chi connectivity index (χ0n) is 12.5. The van der Waals surface area contributed by atoms with Gasteiger partial charge in [-0.2, -0.15) is 0 Å². The number of hydrogen-bond acceptors (Lipinski definition) is 5. The lowest BCUT2D eigenvalue weighted by atomic mass is 9.94. The average molecular weight is 382 g/mol. The second-order valence-corrected chi connectivity index (χ2v) is 6.57. The van der Waals surface area contributed by atoms with Crippen LogP contribution in [0.1, 0.15) is 37.2 Å². The molecule has 0 aromatic carbocycles. The number of halogens is 2. The van der Waals surface area contributed by atoms with Gasteiger partial charge in [-0.25, -0.2) is 4.98 Å². The Balaban J connectivity index is 0.00000220. The van der Waals surface area contributed by atoms with Gasteiger partial charge < -0.3 is 11.1 Å². The van der Waals surface area contributed by atoms with Crippen molar-refractivity contribution < 1.29 is 4.79 Å². The summed E-state index contributed by atoms with van der Waals surface area (Å²) >= 11 is 3.11. The highest BCUT2D eigenvalue weighted by Gasteiger charge is 2.22. The first-order valence-corrected chi connectivity index (χ1v) is 8.40. The second-order valence-electron chi connectivity index (χ2n) is 4.77. The Morgan fingerprint density at radius 3 is 2.55 bits per heavy atom. The van der Waals surface area contributed by atoms with Gasteiger partial charge in [0.1, 0.15) is 10.7 Å². The standard InChI is InChI=1S/C14H19N3OS2.2ClH/c1-3-14(15,4-2)9-16-12(18)10-8-20-13(17-10)11-6-5-7-19-11;;/h5-8H,3-4,9,15H2,1-2H3,(H,16,18);2*1H. The molecule has 4 nitrogen and oxygen atoms in total. The smallest absolute Gasteiger partial charge is 0.270 e. The Morgan fingerprint density at radius 2 is 2.00 bits per heavy atom. The molecule has 0 saturated heterocycles. The molecule has 124 valence electrons. The number of carbonyl (C=O) groups excluding carboxylic acids is 1. The molecule has 0 aliphatic rings. The fourth-order valence-electron chi connectivity index (χ4n) is 1.74. The number of carbonyl (C=O) groups is 1. The first-order valence-electron chi connectivity index (χ1n) is 6.64. The van der Waals surface area contributed by atoms with Gasteiger partial charge in [0, 0.05) is 17.5 Å². The van der Waals surface area contributed by atoms with Gasteiger partial charge in [0.2, 0.25) is 0 Å². The first-order chi connectivity index (χ1) is 9.58. The summed E-state index contributed by atoms with van der Waals surface area (Å²) in [5.41, 5.74) is 6.31. The molecule has 22 heavy (non-hydrogen) atoms. The number of rotatable bonds is 6. The predicted molar refractivity (Wildman–Crippen MR) is 99.8 cm³/mol. The van der Waals surface area contributed by atoms with Crippen molar-refractivity contribution >= 4 is 53.4 Å². The molecule has 3 N–H and O–H groups in total. The molecule has 2 aromatic rings. The van der Waals surface area contributed by atoms with E-state index in [0.717, 1.165) is 22.7 Å². The van der Waals surface area contributed by atoms with Crippen molar-refractivity contribution in [3.05, 3.63) is 28.6 Å². The lowest BCUT2D eigenvalue weighted by Crippen LogP contribution is -2.49. The third kappa shape index (κ3) is 5.21. The lowest BCUT2D eigenvalue weighted by molar-refractivity contribution is 0.0938. The van der Waals surface area contributed by atoms with E-state index in [1.165, 1.54) is 11.3 Å². The summed E-state index contributed by atoms with van der Waals surface area (Å²) in [7, 11) is 0. The summed E-state index contributed by atoms with van der Waals surface area (Å²) in [6.45, 7) is 4.55. The fourth-order valence-corrected chi connectivity index (χ4v) is 3.35. The molecule has 0 aliphatic carbocycles. The van der Waals surface area contributed by atoms with Crippen LogP contribution in [0.2, 0.25) is 0 Å². The molecule has 2 aromatic heterocycles. The van der Waals surface area contributed by atoms with Crippen LogP contribution < -0.4 is 11.1 Å². The minimum Gasteiger partial charge on any atom is -0.349 e. The summed E-state index contributed by atoms with van der Waals surface area (Å²) in [5.74, 6) is -0.152. The summed E-state index contributed by atoms with van der Waals surface area (Å²) in [5, 5.41) is 7.56. The van der Waals surface area contributed by atoms with Gasteiger partial charge in [-0.1, -0.05) is 19.9 Å². The van der Waals surface area contributed by atoms with Crippen LogP contribution >= 0.6 is 47.5 Å². The number of hydrogen-bond donors (Lipinski definition) is 2. The van der Waals surface area contributed by atoms with E-state index in [9.17, 15) is 4.79 Å². The predicted octanol–water partition coefficient (Wildman–Crippen LogP) is 3.96. The SMILES string of the molecule is CCC(N)(CC)CNC(=O)c1csc(-c2cccs2)n1.Cl.Cl. The highest BCUT2D eigenvalue weighted by atomic mass is 35.5. The average Bonchev–Trinajstić information content (AvgIpc) is 3.14. The Morgan fingerprint density at radius 1 is 1.32 bits per heavy atom. The van der Waals surface area contributed by atoms with Crippen LogP contribution in [0.5, 0.6) is 0 Å². The number of aromatic nitrogens is 1. The normalized spacial score (nSPS) is 10.5. The van der Waals surface area contributed by atoms with Crippen molar-refractivity contribution in [2.75, 3.05) is 6.54 Å². The zero-order valence-corrected chi connectivity index (χ0v) is 15.8. The topological polar surface area (TPSA) is 68.0 Å². The number of nitrogens with one attached hydrogen (secondary N) is 1. The molecule has 2 rings (SSSR count). The number of thiazole rings is 1. The van der Waals surface area contributed by atoms with Crippen molar-refractivity contribution in [3.63, 3.8) is 0 Å². The maximum atomic E-state index is 12.1. The number of thiophene rings is 1. The molecule has 0 unspecified atom stereocenters. The van der Waals surface area contributed by atoms with Crippen molar-refractivity contribution in [2.24, 2.45) is 5.73 Å². The van der Waals surface area contributed by atoms with E-state index in [1.807, 2.05) is 31.4 Å². The Labute approximate surface area is 151 Å².